The second-order valence-corrected chi connectivity index (χ2v) is 8.79. The van der Waals surface area contributed by atoms with E-state index >= 15 is 0 Å². The first-order valence-electron chi connectivity index (χ1n) is 4.34. The van der Waals surface area contributed by atoms with Crippen molar-refractivity contribution in [3.63, 3.8) is 0 Å². The minimum absolute atomic E-state index is 0.893. The number of hydrogen-bond acceptors (Lipinski definition) is 0. The summed E-state index contributed by atoms with van der Waals surface area (Å²) in [5.41, 5.74) is 4.21. The number of rotatable bonds is 2. The average Bonchev–Trinajstić information content (AvgIpc) is 1.83. The van der Waals surface area contributed by atoms with Gasteiger partial charge in [0.05, 0.1) is 0 Å². The molecule has 0 bridgehead atoms. The van der Waals surface area contributed by atoms with Gasteiger partial charge in [0.1, 0.15) is 8.07 Å². The van der Waals surface area contributed by atoms with Crippen molar-refractivity contribution in [3.8, 4) is 11.5 Å². The highest BCUT2D eigenvalue weighted by molar-refractivity contribution is 6.83. The van der Waals surface area contributed by atoms with Crippen LogP contribution in [0.1, 0.15) is 19.8 Å². The van der Waals surface area contributed by atoms with E-state index in [4.69, 9.17) is 6.92 Å². The molecule has 0 fully saturated rings. The summed E-state index contributed by atoms with van der Waals surface area (Å²) in [7, 11) is -1.15. The molecule has 0 aromatic carbocycles. The molecule has 0 nitrogen and oxygen atoms in total. The van der Waals surface area contributed by atoms with Crippen molar-refractivity contribution in [2.75, 3.05) is 0 Å². The van der Waals surface area contributed by atoms with Crippen molar-refractivity contribution in [1.82, 2.24) is 0 Å². The van der Waals surface area contributed by atoms with Crippen molar-refractivity contribution < 1.29 is 0 Å². The molecule has 0 aromatic rings. The average molecular weight is 178 g/mol. The zero-order chi connectivity index (χ0) is 9.61. The minimum atomic E-state index is -1.15. The first-order chi connectivity index (χ1) is 5.42. The van der Waals surface area contributed by atoms with Gasteiger partial charge in [-0.3, -0.25) is 0 Å². The van der Waals surface area contributed by atoms with Gasteiger partial charge >= 0.3 is 0 Å². The Balaban J connectivity index is 3.68. The predicted octanol–water partition coefficient (Wildman–Crippen LogP) is 3.30. The Labute approximate surface area is 78.1 Å². The summed E-state index contributed by atoms with van der Waals surface area (Å²) in [6.45, 7) is 14.2. The van der Waals surface area contributed by atoms with Crippen LogP contribution in [-0.4, -0.2) is 8.07 Å². The molecule has 2 radical (unpaired) electrons. The maximum absolute atomic E-state index is 5.48. The Hall–Kier alpha value is -0.483. The van der Waals surface area contributed by atoms with E-state index in [0.717, 1.165) is 18.4 Å². The van der Waals surface area contributed by atoms with Crippen LogP contribution in [0.5, 0.6) is 0 Å². The zero-order valence-corrected chi connectivity index (χ0v) is 9.57. The van der Waals surface area contributed by atoms with Gasteiger partial charge in [0, 0.05) is 6.42 Å². The maximum atomic E-state index is 5.48. The maximum Gasteiger partial charge on any atom is 0.129 e. The third-order valence-electron chi connectivity index (χ3n) is 1.20. The normalized spacial score (nSPS) is 12.2. The summed E-state index contributed by atoms with van der Waals surface area (Å²) in [6, 6.07) is 0. The third kappa shape index (κ3) is 9.52. The molecule has 0 unspecified atom stereocenters. The molecule has 1 heteroatoms. The van der Waals surface area contributed by atoms with Gasteiger partial charge < -0.3 is 0 Å². The van der Waals surface area contributed by atoms with Crippen LogP contribution in [0.2, 0.25) is 19.6 Å². The van der Waals surface area contributed by atoms with Crippen LogP contribution in [0.3, 0.4) is 0 Å². The van der Waals surface area contributed by atoms with Crippen LogP contribution in [0.25, 0.3) is 0 Å². The van der Waals surface area contributed by atoms with E-state index in [2.05, 4.69) is 31.1 Å². The molecular weight excluding hydrogens is 160 g/mol. The standard InChI is InChI=1S/C11H18Si/c1-11(2)9-7-6-8-10-12(3,4)5/h1,9H,6-7H2,2-5H3/b11-9-. The fraction of sp³-hybridized carbons (Fsp3) is 0.545. The Morgan fingerprint density at radius 2 is 2.00 bits per heavy atom. The molecule has 0 saturated carbocycles. The van der Waals surface area contributed by atoms with E-state index in [1.807, 2.05) is 13.0 Å². The molecule has 0 spiro atoms. The smallest absolute Gasteiger partial charge is 0.129 e. The van der Waals surface area contributed by atoms with E-state index in [0.29, 0.717) is 0 Å². The van der Waals surface area contributed by atoms with Gasteiger partial charge in [-0.2, -0.15) is 0 Å². The van der Waals surface area contributed by atoms with Gasteiger partial charge in [0.15, 0.2) is 0 Å². The largest absolute Gasteiger partial charge is 0.132 e. The summed E-state index contributed by atoms with van der Waals surface area (Å²) in [5.74, 6) is 3.19. The quantitative estimate of drug-likeness (QED) is 0.346. The lowest BCUT2D eigenvalue weighted by Crippen LogP contribution is -2.16. The lowest BCUT2D eigenvalue weighted by Gasteiger charge is -2.02. The van der Waals surface area contributed by atoms with E-state index in [1.165, 1.54) is 0 Å². The lowest BCUT2D eigenvalue weighted by molar-refractivity contribution is 1.07. The van der Waals surface area contributed by atoms with Crippen LogP contribution in [0, 0.1) is 18.4 Å². The van der Waals surface area contributed by atoms with Gasteiger partial charge in [-0.15, -0.1) is 11.5 Å². The van der Waals surface area contributed by atoms with Crippen molar-refractivity contribution >= 4 is 8.07 Å². The van der Waals surface area contributed by atoms with Crippen LogP contribution >= 0.6 is 0 Å². The minimum Gasteiger partial charge on any atom is -0.132 e. The molecule has 66 valence electrons. The van der Waals surface area contributed by atoms with Crippen LogP contribution < -0.4 is 0 Å². The molecule has 0 aliphatic rings. The van der Waals surface area contributed by atoms with Gasteiger partial charge in [0.2, 0.25) is 0 Å². The summed E-state index contributed by atoms with van der Waals surface area (Å²) in [4.78, 5) is 0. The Morgan fingerprint density at radius 1 is 1.42 bits per heavy atom. The number of hydrogen-bond donors (Lipinski definition) is 0. The molecule has 0 heterocycles. The SMILES string of the molecule is [CH]/C(C)=C/CCC#C[Si](C)(C)C. The molecular formula is C11H18Si. The summed E-state index contributed by atoms with van der Waals surface area (Å²) < 4.78 is 0. The van der Waals surface area contributed by atoms with Gasteiger partial charge in [-0.05, 0) is 20.3 Å². The topological polar surface area (TPSA) is 0 Å². The van der Waals surface area contributed by atoms with Gasteiger partial charge in [0.25, 0.3) is 0 Å². The molecule has 12 heavy (non-hydrogen) atoms. The first-order valence-corrected chi connectivity index (χ1v) is 7.84. The molecule has 0 aromatic heterocycles. The fourth-order valence-corrected chi connectivity index (χ4v) is 1.36. The van der Waals surface area contributed by atoms with Crippen molar-refractivity contribution in [2.24, 2.45) is 0 Å². The summed E-state index contributed by atoms with van der Waals surface area (Å²) in [6.07, 6.45) is 3.96. The third-order valence-corrected chi connectivity index (χ3v) is 2.13. The highest BCUT2D eigenvalue weighted by Crippen LogP contribution is 1.99. The molecule has 0 aliphatic heterocycles. The van der Waals surface area contributed by atoms with Crippen LogP contribution in [-0.2, 0) is 0 Å². The zero-order valence-electron chi connectivity index (χ0n) is 8.57. The second kappa shape index (κ2) is 5.21. The molecule has 0 aliphatic carbocycles. The lowest BCUT2D eigenvalue weighted by atomic mass is 10.2. The molecule has 0 rings (SSSR count). The predicted molar refractivity (Wildman–Crippen MR) is 58.4 cm³/mol. The van der Waals surface area contributed by atoms with Crippen LogP contribution in [0.4, 0.5) is 0 Å². The Bertz CT molecular complexity index is 203. The summed E-state index contributed by atoms with van der Waals surface area (Å²) >= 11 is 0. The molecule has 0 atom stereocenters. The Kier molecular flexibility index (Phi) is 5.00. The van der Waals surface area contributed by atoms with Gasteiger partial charge in [-0.25, -0.2) is 0 Å². The monoisotopic (exact) mass is 178 g/mol. The second-order valence-electron chi connectivity index (χ2n) is 4.04. The fourth-order valence-electron chi connectivity index (χ4n) is 0.700. The van der Waals surface area contributed by atoms with Crippen molar-refractivity contribution in [1.29, 1.82) is 0 Å². The highest BCUT2D eigenvalue weighted by Gasteiger charge is 2.06. The van der Waals surface area contributed by atoms with E-state index in [1.54, 1.807) is 0 Å². The van der Waals surface area contributed by atoms with Crippen LogP contribution in [0.15, 0.2) is 11.6 Å². The van der Waals surface area contributed by atoms with E-state index in [-0.39, 0.29) is 0 Å². The van der Waals surface area contributed by atoms with Crippen molar-refractivity contribution in [3.05, 3.63) is 18.6 Å². The van der Waals surface area contributed by atoms with Crippen molar-refractivity contribution in [2.45, 2.75) is 39.4 Å². The summed E-state index contributed by atoms with van der Waals surface area (Å²) in [5, 5.41) is 0. The molecule has 0 amide bonds. The molecule has 0 saturated heterocycles. The first kappa shape index (κ1) is 11.5. The highest BCUT2D eigenvalue weighted by atomic mass is 28.3. The molecule has 0 N–H and O–H groups in total. The van der Waals surface area contributed by atoms with Gasteiger partial charge in [-0.1, -0.05) is 31.3 Å². The van der Waals surface area contributed by atoms with E-state index in [9.17, 15) is 0 Å². The number of unbranched alkanes of at least 4 members (excludes halogenated alkanes) is 1. The Morgan fingerprint density at radius 3 is 2.42 bits per heavy atom. The number of allylic oxidation sites excluding steroid dienone is 2. The van der Waals surface area contributed by atoms with E-state index < -0.39 is 8.07 Å².